The van der Waals surface area contributed by atoms with Crippen LogP contribution in [0.4, 0.5) is 11.5 Å². The number of nitrogens with one attached hydrogen (secondary N) is 2. The van der Waals surface area contributed by atoms with E-state index in [9.17, 15) is 9.59 Å². The van der Waals surface area contributed by atoms with Gasteiger partial charge >= 0.3 is 0 Å². The number of nitrogens with zero attached hydrogens (tertiary/aromatic N) is 2. The number of halogens is 2. The number of carbonyl (C=O) groups excluding carboxylic acids is 2. The van der Waals surface area contributed by atoms with Gasteiger partial charge in [-0.3, -0.25) is 9.59 Å². The summed E-state index contributed by atoms with van der Waals surface area (Å²) >= 11 is 12.7. The van der Waals surface area contributed by atoms with Crippen LogP contribution in [0.2, 0.25) is 10.0 Å². The molecule has 1 aromatic heterocycles. The van der Waals surface area contributed by atoms with Gasteiger partial charge in [0.1, 0.15) is 11.2 Å². The lowest BCUT2D eigenvalue weighted by Gasteiger charge is -2.32. The van der Waals surface area contributed by atoms with Crippen molar-refractivity contribution in [2.75, 3.05) is 10.6 Å². The van der Waals surface area contributed by atoms with Crippen molar-refractivity contribution < 1.29 is 9.59 Å². The predicted molar refractivity (Wildman–Crippen MR) is 107 cm³/mol. The van der Waals surface area contributed by atoms with E-state index < -0.39 is 5.41 Å². The van der Waals surface area contributed by atoms with Gasteiger partial charge in [-0.05, 0) is 23.8 Å². The molecule has 0 fully saturated rings. The van der Waals surface area contributed by atoms with Gasteiger partial charge in [0, 0.05) is 33.3 Å². The fraction of sp³-hybridized carbons (Fsp3) is 0.150. The Morgan fingerprint density at radius 1 is 1.04 bits per heavy atom. The average Bonchev–Trinajstić information content (AvgIpc) is 3.18. The normalized spacial score (nSPS) is 19.9. The van der Waals surface area contributed by atoms with Crippen LogP contribution in [-0.2, 0) is 21.5 Å². The highest BCUT2D eigenvalue weighted by atomic mass is 35.5. The molecule has 0 radical (unpaired) electrons. The summed E-state index contributed by atoms with van der Waals surface area (Å²) in [7, 11) is 0. The van der Waals surface area contributed by atoms with E-state index in [0.717, 1.165) is 5.56 Å². The van der Waals surface area contributed by atoms with Gasteiger partial charge in [-0.2, -0.15) is 5.10 Å². The molecule has 3 aromatic rings. The third kappa shape index (κ3) is 2.31. The highest BCUT2D eigenvalue weighted by Crippen LogP contribution is 2.52. The van der Waals surface area contributed by atoms with E-state index in [1.54, 1.807) is 35.1 Å². The Kier molecular flexibility index (Phi) is 3.76. The van der Waals surface area contributed by atoms with Gasteiger partial charge in [-0.1, -0.05) is 47.5 Å². The van der Waals surface area contributed by atoms with Gasteiger partial charge in [0.2, 0.25) is 11.8 Å². The zero-order valence-corrected chi connectivity index (χ0v) is 16.0. The summed E-state index contributed by atoms with van der Waals surface area (Å²) in [4.78, 5) is 25.7. The van der Waals surface area contributed by atoms with Crippen LogP contribution in [0.25, 0.3) is 0 Å². The molecule has 28 heavy (non-hydrogen) atoms. The Bertz CT molecular complexity index is 1160. The third-order valence-electron chi connectivity index (χ3n) is 5.34. The highest BCUT2D eigenvalue weighted by Gasteiger charge is 2.55. The first-order valence-corrected chi connectivity index (χ1v) is 9.46. The Labute approximate surface area is 170 Å². The SMILES string of the molecule is O=C1CC2(C(=O)Nc3cccc(Cl)c32)c2cnn(Cc3ccccc3Cl)c2N1. The monoisotopic (exact) mass is 412 g/mol. The van der Waals surface area contributed by atoms with Crippen LogP contribution >= 0.6 is 23.2 Å². The Morgan fingerprint density at radius 3 is 2.64 bits per heavy atom. The number of amides is 2. The maximum Gasteiger partial charge on any atom is 0.240 e. The zero-order valence-electron chi connectivity index (χ0n) is 14.5. The van der Waals surface area contributed by atoms with Crippen molar-refractivity contribution in [2.24, 2.45) is 0 Å². The summed E-state index contributed by atoms with van der Waals surface area (Å²) in [5.41, 5.74) is 1.54. The van der Waals surface area contributed by atoms with Crippen LogP contribution in [0.1, 0.15) is 23.1 Å². The van der Waals surface area contributed by atoms with E-state index >= 15 is 0 Å². The third-order valence-corrected chi connectivity index (χ3v) is 6.02. The van der Waals surface area contributed by atoms with Crippen molar-refractivity contribution in [3.8, 4) is 0 Å². The molecule has 2 aliphatic rings. The standard InChI is InChI=1S/C20H14Cl2N4O2/c21-13-5-2-1-4-11(13)10-26-18-12(9-23-26)20(8-16(27)25-18)17-14(22)6-3-7-15(17)24-19(20)28/h1-7,9H,8,10H2,(H,24,28)(H,25,27). The second-order valence-corrected chi connectivity index (χ2v) is 7.72. The molecule has 140 valence electrons. The number of anilines is 2. The van der Waals surface area contributed by atoms with Gasteiger partial charge in [0.05, 0.1) is 12.7 Å². The minimum absolute atomic E-state index is 0.0274. The Morgan fingerprint density at radius 2 is 1.82 bits per heavy atom. The van der Waals surface area contributed by atoms with E-state index in [2.05, 4.69) is 15.7 Å². The number of rotatable bonds is 2. The van der Waals surface area contributed by atoms with E-state index in [1.807, 2.05) is 18.2 Å². The van der Waals surface area contributed by atoms with Crippen molar-refractivity contribution in [2.45, 2.75) is 18.4 Å². The fourth-order valence-corrected chi connectivity index (χ4v) is 4.61. The van der Waals surface area contributed by atoms with Crippen molar-refractivity contribution in [1.82, 2.24) is 9.78 Å². The summed E-state index contributed by atoms with van der Waals surface area (Å²) < 4.78 is 1.65. The lowest BCUT2D eigenvalue weighted by atomic mass is 9.72. The average molecular weight is 413 g/mol. The van der Waals surface area contributed by atoms with Crippen LogP contribution in [0.5, 0.6) is 0 Å². The molecule has 2 N–H and O–H groups in total. The molecule has 1 atom stereocenters. The summed E-state index contributed by atoms with van der Waals surface area (Å²) in [6.07, 6.45) is 1.60. The van der Waals surface area contributed by atoms with Crippen molar-refractivity contribution in [1.29, 1.82) is 0 Å². The fourth-order valence-electron chi connectivity index (χ4n) is 4.08. The van der Waals surface area contributed by atoms with Gasteiger partial charge in [0.25, 0.3) is 0 Å². The minimum Gasteiger partial charge on any atom is -0.325 e. The molecule has 2 aliphatic heterocycles. The molecule has 6 nitrogen and oxygen atoms in total. The van der Waals surface area contributed by atoms with Crippen LogP contribution in [0, 0.1) is 0 Å². The maximum atomic E-state index is 13.1. The molecule has 1 unspecified atom stereocenters. The van der Waals surface area contributed by atoms with Crippen LogP contribution in [0.3, 0.4) is 0 Å². The van der Waals surface area contributed by atoms with E-state index in [-0.39, 0.29) is 18.2 Å². The number of hydrogen-bond acceptors (Lipinski definition) is 3. The molecule has 2 aromatic carbocycles. The first-order chi connectivity index (χ1) is 13.5. The summed E-state index contributed by atoms with van der Waals surface area (Å²) in [6, 6.07) is 12.7. The second kappa shape index (κ2) is 6.09. The molecular formula is C20H14Cl2N4O2. The number of carbonyl (C=O) groups is 2. The second-order valence-electron chi connectivity index (χ2n) is 6.90. The molecular weight excluding hydrogens is 399 g/mol. The van der Waals surface area contributed by atoms with E-state index in [4.69, 9.17) is 23.2 Å². The molecule has 5 rings (SSSR count). The van der Waals surface area contributed by atoms with E-state index in [0.29, 0.717) is 39.2 Å². The molecule has 0 bridgehead atoms. The summed E-state index contributed by atoms with van der Waals surface area (Å²) in [5.74, 6) is -0.0561. The van der Waals surface area contributed by atoms with Crippen LogP contribution in [0.15, 0.2) is 48.7 Å². The van der Waals surface area contributed by atoms with Gasteiger partial charge < -0.3 is 10.6 Å². The van der Waals surface area contributed by atoms with Crippen molar-refractivity contribution in [3.63, 3.8) is 0 Å². The minimum atomic E-state index is -1.19. The summed E-state index contributed by atoms with van der Waals surface area (Å²) in [5, 5.41) is 11.2. The smallest absolute Gasteiger partial charge is 0.240 e. The molecule has 0 saturated carbocycles. The van der Waals surface area contributed by atoms with Crippen molar-refractivity contribution >= 4 is 46.5 Å². The van der Waals surface area contributed by atoms with Crippen LogP contribution < -0.4 is 10.6 Å². The Hall–Kier alpha value is -2.83. The van der Waals surface area contributed by atoms with Gasteiger partial charge in [-0.25, -0.2) is 4.68 Å². The van der Waals surface area contributed by atoms with Crippen LogP contribution in [-0.4, -0.2) is 21.6 Å². The Balaban J connectivity index is 1.69. The van der Waals surface area contributed by atoms with Gasteiger partial charge in [-0.15, -0.1) is 0 Å². The maximum absolute atomic E-state index is 13.1. The van der Waals surface area contributed by atoms with Gasteiger partial charge in [0.15, 0.2) is 0 Å². The summed E-state index contributed by atoms with van der Waals surface area (Å²) in [6.45, 7) is 0.363. The molecule has 0 aliphatic carbocycles. The first kappa shape index (κ1) is 17.3. The molecule has 0 saturated heterocycles. The highest BCUT2D eigenvalue weighted by molar-refractivity contribution is 6.33. The lowest BCUT2D eigenvalue weighted by Crippen LogP contribution is -2.43. The molecule has 3 heterocycles. The topological polar surface area (TPSA) is 76.0 Å². The number of fused-ring (bicyclic) bond motifs is 4. The molecule has 8 heteroatoms. The molecule has 2 amide bonds. The quantitative estimate of drug-likeness (QED) is 0.671. The number of hydrogen-bond donors (Lipinski definition) is 2. The molecule has 1 spiro atoms. The number of benzene rings is 2. The number of aromatic nitrogens is 2. The van der Waals surface area contributed by atoms with Crippen molar-refractivity contribution in [3.05, 3.63) is 75.4 Å². The van der Waals surface area contributed by atoms with E-state index in [1.165, 1.54) is 0 Å². The zero-order chi connectivity index (χ0) is 19.5. The lowest BCUT2D eigenvalue weighted by molar-refractivity contribution is -0.125. The first-order valence-electron chi connectivity index (χ1n) is 8.70. The largest absolute Gasteiger partial charge is 0.325 e. The predicted octanol–water partition coefficient (Wildman–Crippen LogP) is 3.82.